The number of benzene rings is 3. The monoisotopic (exact) mass is 567 g/mol. The minimum absolute atomic E-state index is 0.0133. The van der Waals surface area contributed by atoms with Gasteiger partial charge in [0.05, 0.1) is 7.11 Å². The van der Waals surface area contributed by atoms with Gasteiger partial charge in [0.1, 0.15) is 5.75 Å². The minimum atomic E-state index is -0.0133. The number of nitrogens with zero attached hydrogens (tertiary/aromatic N) is 4. The lowest BCUT2D eigenvalue weighted by Crippen LogP contribution is -2.66. The van der Waals surface area contributed by atoms with Gasteiger partial charge in [0.2, 0.25) is 0 Å². The van der Waals surface area contributed by atoms with Crippen LogP contribution in [0.5, 0.6) is 5.75 Å². The van der Waals surface area contributed by atoms with Crippen molar-refractivity contribution in [3.05, 3.63) is 96.1 Å². The molecule has 1 N–H and O–H groups in total. The van der Waals surface area contributed by atoms with Gasteiger partial charge in [0, 0.05) is 61.1 Å². The van der Waals surface area contributed by atoms with Gasteiger partial charge in [-0.2, -0.15) is 0 Å². The molecule has 0 aliphatic carbocycles. The Hall–Kier alpha value is -3.83. The fraction of sp³-hybridized carbons (Fsp3) is 0.400. The van der Waals surface area contributed by atoms with E-state index < -0.39 is 0 Å². The molecular formula is C35H45N5O2. The number of rotatable bonds is 5. The molecule has 2 fully saturated rings. The van der Waals surface area contributed by atoms with Crippen LogP contribution >= 0.6 is 0 Å². The van der Waals surface area contributed by atoms with Crippen LogP contribution in [0, 0.1) is 11.8 Å². The van der Waals surface area contributed by atoms with Gasteiger partial charge in [-0.15, -0.1) is 0 Å². The number of urea groups is 1. The maximum Gasteiger partial charge on any atom is 0.321 e. The molecule has 7 nitrogen and oxygen atoms in total. The summed E-state index contributed by atoms with van der Waals surface area (Å²) in [5.41, 5.74) is 2.90. The van der Waals surface area contributed by atoms with E-state index in [-0.39, 0.29) is 6.03 Å². The van der Waals surface area contributed by atoms with Crippen LogP contribution in [0.3, 0.4) is 0 Å². The normalized spacial score (nSPS) is 20.1. The fourth-order valence-electron chi connectivity index (χ4n) is 5.48. The van der Waals surface area contributed by atoms with E-state index in [1.807, 2.05) is 89.8 Å². The van der Waals surface area contributed by atoms with Crippen molar-refractivity contribution in [2.45, 2.75) is 31.0 Å². The number of ether oxygens (including phenoxy) is 1. The van der Waals surface area contributed by atoms with Gasteiger partial charge in [0.15, 0.2) is 0 Å². The molecule has 2 aliphatic rings. The van der Waals surface area contributed by atoms with Gasteiger partial charge in [-0.25, -0.2) is 4.79 Å². The van der Waals surface area contributed by atoms with Crippen molar-refractivity contribution in [1.29, 1.82) is 0 Å². The summed E-state index contributed by atoms with van der Waals surface area (Å²) in [7, 11) is 10.2. The predicted molar refractivity (Wildman–Crippen MR) is 172 cm³/mol. The van der Waals surface area contributed by atoms with Gasteiger partial charge < -0.3 is 24.8 Å². The van der Waals surface area contributed by atoms with E-state index in [4.69, 9.17) is 4.74 Å². The van der Waals surface area contributed by atoms with E-state index in [9.17, 15) is 4.79 Å². The zero-order chi connectivity index (χ0) is 29.9. The molecule has 3 atom stereocenters. The van der Waals surface area contributed by atoms with Crippen molar-refractivity contribution in [2.75, 3.05) is 66.8 Å². The molecule has 5 rings (SSSR count). The third kappa shape index (κ3) is 9.09. The summed E-state index contributed by atoms with van der Waals surface area (Å²) in [6.45, 7) is 3.75. The quantitative estimate of drug-likeness (QED) is 0.442. The molecule has 2 amide bonds. The molecule has 0 saturated carbocycles. The Kier molecular flexibility index (Phi) is 11.4. The second kappa shape index (κ2) is 15.4. The molecular weight excluding hydrogens is 522 g/mol. The lowest BCUT2D eigenvalue weighted by atomic mass is 9.89. The van der Waals surface area contributed by atoms with Crippen LogP contribution in [-0.4, -0.2) is 105 Å². The number of anilines is 1. The third-order valence-electron chi connectivity index (χ3n) is 7.90. The van der Waals surface area contributed by atoms with E-state index in [0.717, 1.165) is 61.6 Å². The number of likely N-dealkylation sites (N-methyl/N-ethyl adjacent to an activating group) is 2. The van der Waals surface area contributed by atoms with E-state index in [2.05, 4.69) is 60.0 Å². The number of carbonyl (C=O) groups excluding carboxylic acids is 1. The van der Waals surface area contributed by atoms with Crippen LogP contribution < -0.4 is 10.1 Å². The van der Waals surface area contributed by atoms with Crippen molar-refractivity contribution in [2.24, 2.45) is 0 Å². The van der Waals surface area contributed by atoms with E-state index >= 15 is 0 Å². The van der Waals surface area contributed by atoms with Gasteiger partial charge >= 0.3 is 6.03 Å². The highest BCUT2D eigenvalue weighted by molar-refractivity contribution is 5.89. The number of fused-ring (bicyclic) bond motifs is 1. The number of hydrogen-bond donors (Lipinski definition) is 1. The summed E-state index contributed by atoms with van der Waals surface area (Å²) in [4.78, 5) is 22.1. The Morgan fingerprint density at radius 1 is 0.881 bits per heavy atom. The number of nitrogens with one attached hydrogen (secondary N) is 1. The maximum atomic E-state index is 12.9. The molecule has 7 heteroatoms. The fourth-order valence-corrected chi connectivity index (χ4v) is 5.48. The van der Waals surface area contributed by atoms with Crippen LogP contribution in [0.15, 0.2) is 84.9 Å². The van der Waals surface area contributed by atoms with Crippen molar-refractivity contribution < 1.29 is 9.53 Å². The average Bonchev–Trinajstić information content (AvgIpc) is 2.98. The first-order valence-electron chi connectivity index (χ1n) is 14.7. The summed E-state index contributed by atoms with van der Waals surface area (Å²) in [5, 5.41) is 3.05. The van der Waals surface area contributed by atoms with Crippen molar-refractivity contribution in [3.63, 3.8) is 0 Å². The molecule has 0 radical (unpaired) electrons. The Morgan fingerprint density at radius 3 is 2.00 bits per heavy atom. The Balaban J connectivity index is 0.000000241. The first-order valence-corrected chi connectivity index (χ1v) is 14.7. The molecule has 0 bridgehead atoms. The van der Waals surface area contributed by atoms with E-state index in [1.165, 1.54) is 0 Å². The number of methoxy groups -OCH3 is 1. The molecule has 0 spiro atoms. The first kappa shape index (κ1) is 31.1. The lowest BCUT2D eigenvalue weighted by molar-refractivity contribution is -0.0377. The van der Waals surface area contributed by atoms with Crippen LogP contribution in [0.4, 0.5) is 10.5 Å². The maximum absolute atomic E-state index is 12.9. The summed E-state index contributed by atoms with van der Waals surface area (Å²) >= 11 is 0. The molecule has 0 aromatic heterocycles. The Bertz CT molecular complexity index is 1260. The van der Waals surface area contributed by atoms with E-state index in [1.54, 1.807) is 7.11 Å². The number of hydrogen-bond acceptors (Lipinski definition) is 5. The zero-order valence-corrected chi connectivity index (χ0v) is 25.7. The molecule has 2 aliphatic heterocycles. The highest BCUT2D eigenvalue weighted by Crippen LogP contribution is 2.30. The summed E-state index contributed by atoms with van der Waals surface area (Å²) in [6, 6.07) is 29.0. The van der Waals surface area contributed by atoms with Gasteiger partial charge in [-0.05, 0) is 89.6 Å². The van der Waals surface area contributed by atoms with Crippen LogP contribution in [0.2, 0.25) is 0 Å². The topological polar surface area (TPSA) is 51.3 Å². The van der Waals surface area contributed by atoms with Crippen LogP contribution in [0.1, 0.15) is 24.0 Å². The lowest BCUT2D eigenvalue weighted by Gasteiger charge is -2.54. The van der Waals surface area contributed by atoms with E-state index in [0.29, 0.717) is 18.1 Å². The van der Waals surface area contributed by atoms with Crippen molar-refractivity contribution >= 4 is 11.7 Å². The third-order valence-corrected chi connectivity index (χ3v) is 7.90. The number of carbonyl (C=O) groups is 1. The van der Waals surface area contributed by atoms with Crippen LogP contribution in [0.25, 0.3) is 0 Å². The Labute approximate surface area is 252 Å². The molecule has 2 heterocycles. The average molecular weight is 568 g/mol. The number of amides is 2. The smallest absolute Gasteiger partial charge is 0.321 e. The molecule has 2 saturated heterocycles. The SMILES string of the molecule is C(#Cc1ccccc1)c1ccccc1.COc1ccc(NC(=O)N2CCC(N(C)C)CN3[C@H](C[C@H]3CN(C)C)C2)cc1. The van der Waals surface area contributed by atoms with Crippen molar-refractivity contribution in [3.8, 4) is 17.6 Å². The summed E-state index contributed by atoms with van der Waals surface area (Å²) in [6.07, 6.45) is 2.14. The summed E-state index contributed by atoms with van der Waals surface area (Å²) in [5.74, 6) is 7.01. The van der Waals surface area contributed by atoms with Crippen LogP contribution in [-0.2, 0) is 0 Å². The highest BCUT2D eigenvalue weighted by atomic mass is 16.5. The second-order valence-electron chi connectivity index (χ2n) is 11.5. The standard InChI is InChI=1S/C21H35N5O2.C14H10/c1-23(2)13-18-12-19-14-25(11-10-17(24(3)4)15-26(18)19)21(27)22-16-6-8-20(28-5)9-7-16;1-3-7-13(8-4-1)11-12-14-9-5-2-6-10-14/h6-9,17-19H,10-15H2,1-5H3,(H,22,27);1-10H/t17?,18-,19+;/m0./s1. The molecule has 3 aromatic carbocycles. The molecule has 3 aromatic rings. The second-order valence-corrected chi connectivity index (χ2v) is 11.5. The molecule has 1 unspecified atom stereocenters. The largest absolute Gasteiger partial charge is 0.497 e. The molecule has 42 heavy (non-hydrogen) atoms. The molecule has 222 valence electrons. The summed E-state index contributed by atoms with van der Waals surface area (Å²) < 4.78 is 5.19. The predicted octanol–water partition coefficient (Wildman–Crippen LogP) is 4.95. The van der Waals surface area contributed by atoms with Gasteiger partial charge in [-0.1, -0.05) is 48.2 Å². The van der Waals surface area contributed by atoms with Gasteiger partial charge in [-0.3, -0.25) is 4.90 Å². The first-order chi connectivity index (χ1) is 20.3. The Morgan fingerprint density at radius 2 is 1.48 bits per heavy atom. The van der Waals surface area contributed by atoms with Gasteiger partial charge in [0.25, 0.3) is 0 Å². The van der Waals surface area contributed by atoms with Crippen molar-refractivity contribution in [1.82, 2.24) is 19.6 Å². The highest BCUT2D eigenvalue weighted by Gasteiger charge is 2.42. The minimum Gasteiger partial charge on any atom is -0.497 e. The zero-order valence-electron chi connectivity index (χ0n) is 25.7.